The van der Waals surface area contributed by atoms with Gasteiger partial charge in [-0.1, -0.05) is 0 Å². The van der Waals surface area contributed by atoms with E-state index in [1.54, 1.807) is 0 Å². The zero-order valence-corrected chi connectivity index (χ0v) is 10.9. The zero-order chi connectivity index (χ0) is 12.7. The molecule has 0 spiro atoms. The van der Waals surface area contributed by atoms with Gasteiger partial charge < -0.3 is 20.1 Å². The minimum absolute atomic E-state index is 0.00164. The summed E-state index contributed by atoms with van der Waals surface area (Å²) in [5.74, 6) is -0.00164. The van der Waals surface area contributed by atoms with E-state index < -0.39 is 5.54 Å². The standard InChI is InChI=1S/C12H22N2O3/c1-9-6-14(7-11(2,3)17-9)10(15)12(13)4-5-16-8-12/h9H,4-8,13H2,1-3H3. The van der Waals surface area contributed by atoms with E-state index in [4.69, 9.17) is 15.2 Å². The number of hydrogen-bond donors (Lipinski definition) is 1. The maximum atomic E-state index is 12.4. The first kappa shape index (κ1) is 12.8. The Kier molecular flexibility index (Phi) is 3.18. The third-order valence-corrected chi connectivity index (χ3v) is 3.33. The molecule has 0 aromatic rings. The van der Waals surface area contributed by atoms with Crippen molar-refractivity contribution in [1.82, 2.24) is 4.90 Å². The quantitative estimate of drug-likeness (QED) is 0.710. The Labute approximate surface area is 102 Å². The first-order valence-corrected chi connectivity index (χ1v) is 6.16. The lowest BCUT2D eigenvalue weighted by Crippen LogP contribution is -2.62. The highest BCUT2D eigenvalue weighted by Crippen LogP contribution is 2.25. The fourth-order valence-electron chi connectivity index (χ4n) is 2.67. The van der Waals surface area contributed by atoms with Crippen molar-refractivity contribution >= 4 is 5.91 Å². The summed E-state index contributed by atoms with van der Waals surface area (Å²) in [4.78, 5) is 14.2. The molecule has 2 heterocycles. The van der Waals surface area contributed by atoms with Crippen LogP contribution in [0, 0.1) is 0 Å². The molecule has 17 heavy (non-hydrogen) atoms. The lowest BCUT2D eigenvalue weighted by Gasteiger charge is -2.43. The van der Waals surface area contributed by atoms with Gasteiger partial charge in [0.25, 0.3) is 0 Å². The van der Waals surface area contributed by atoms with Crippen LogP contribution in [0.1, 0.15) is 27.2 Å². The number of nitrogens with zero attached hydrogens (tertiary/aromatic N) is 1. The number of carbonyl (C=O) groups is 1. The van der Waals surface area contributed by atoms with E-state index in [0.717, 1.165) is 0 Å². The van der Waals surface area contributed by atoms with Gasteiger partial charge in [0.2, 0.25) is 5.91 Å². The van der Waals surface area contributed by atoms with Gasteiger partial charge in [0, 0.05) is 19.7 Å². The number of morpholine rings is 1. The van der Waals surface area contributed by atoms with E-state index in [9.17, 15) is 4.79 Å². The fourth-order valence-corrected chi connectivity index (χ4v) is 2.67. The lowest BCUT2D eigenvalue weighted by atomic mass is 9.96. The minimum atomic E-state index is -0.826. The lowest BCUT2D eigenvalue weighted by molar-refractivity contribution is -0.162. The molecule has 2 fully saturated rings. The van der Waals surface area contributed by atoms with E-state index >= 15 is 0 Å². The van der Waals surface area contributed by atoms with E-state index in [1.165, 1.54) is 0 Å². The van der Waals surface area contributed by atoms with Gasteiger partial charge in [-0.3, -0.25) is 4.79 Å². The summed E-state index contributed by atoms with van der Waals surface area (Å²) in [5, 5.41) is 0. The number of carbonyl (C=O) groups excluding carboxylic acids is 1. The topological polar surface area (TPSA) is 64.8 Å². The molecule has 0 aromatic carbocycles. The molecule has 2 N–H and O–H groups in total. The number of hydrogen-bond acceptors (Lipinski definition) is 4. The van der Waals surface area contributed by atoms with Crippen molar-refractivity contribution in [1.29, 1.82) is 0 Å². The second-order valence-corrected chi connectivity index (χ2v) is 5.83. The normalized spacial score (nSPS) is 37.2. The number of ether oxygens (including phenoxy) is 2. The summed E-state index contributed by atoms with van der Waals surface area (Å²) >= 11 is 0. The molecule has 0 saturated carbocycles. The van der Waals surface area contributed by atoms with Gasteiger partial charge in [-0.2, -0.15) is 0 Å². The summed E-state index contributed by atoms with van der Waals surface area (Å²) in [5.41, 5.74) is 4.98. The monoisotopic (exact) mass is 242 g/mol. The molecule has 2 unspecified atom stereocenters. The smallest absolute Gasteiger partial charge is 0.245 e. The molecule has 0 aromatic heterocycles. The molecule has 2 saturated heterocycles. The second kappa shape index (κ2) is 4.23. The third-order valence-electron chi connectivity index (χ3n) is 3.33. The number of rotatable bonds is 1. The van der Waals surface area contributed by atoms with Crippen LogP contribution in [0.2, 0.25) is 0 Å². The molecule has 2 aliphatic rings. The average Bonchev–Trinajstić information content (AvgIpc) is 2.62. The van der Waals surface area contributed by atoms with Crippen LogP contribution in [0.25, 0.3) is 0 Å². The summed E-state index contributed by atoms with van der Waals surface area (Å²) < 4.78 is 11.0. The highest BCUT2D eigenvalue weighted by Gasteiger charge is 2.44. The van der Waals surface area contributed by atoms with Gasteiger partial charge in [-0.05, 0) is 27.2 Å². The highest BCUT2D eigenvalue weighted by molar-refractivity contribution is 5.86. The van der Waals surface area contributed by atoms with Gasteiger partial charge in [-0.15, -0.1) is 0 Å². The molecule has 2 atom stereocenters. The van der Waals surface area contributed by atoms with Crippen LogP contribution in [-0.4, -0.2) is 54.4 Å². The molecule has 5 heteroatoms. The maximum Gasteiger partial charge on any atom is 0.245 e. The van der Waals surface area contributed by atoms with E-state index in [-0.39, 0.29) is 17.6 Å². The minimum Gasteiger partial charge on any atom is -0.379 e. The van der Waals surface area contributed by atoms with Gasteiger partial charge in [-0.25, -0.2) is 0 Å². The Balaban J connectivity index is 2.09. The van der Waals surface area contributed by atoms with Crippen LogP contribution in [0.15, 0.2) is 0 Å². The summed E-state index contributed by atoms with van der Waals surface area (Å²) in [6.45, 7) is 8.09. The molecule has 0 aliphatic carbocycles. The zero-order valence-electron chi connectivity index (χ0n) is 10.9. The van der Waals surface area contributed by atoms with Crippen molar-refractivity contribution in [3.63, 3.8) is 0 Å². The molecule has 1 amide bonds. The maximum absolute atomic E-state index is 12.4. The van der Waals surface area contributed by atoms with Crippen LogP contribution in [0.5, 0.6) is 0 Å². The van der Waals surface area contributed by atoms with E-state index in [2.05, 4.69) is 0 Å². The second-order valence-electron chi connectivity index (χ2n) is 5.83. The van der Waals surface area contributed by atoms with Crippen molar-refractivity contribution in [2.45, 2.75) is 44.4 Å². The Hall–Kier alpha value is -0.650. The summed E-state index contributed by atoms with van der Waals surface area (Å²) in [6, 6.07) is 0. The van der Waals surface area contributed by atoms with E-state index in [0.29, 0.717) is 32.7 Å². The largest absolute Gasteiger partial charge is 0.379 e. The number of nitrogens with two attached hydrogens (primary N) is 1. The molecule has 98 valence electrons. The Morgan fingerprint density at radius 3 is 2.71 bits per heavy atom. The molecule has 5 nitrogen and oxygen atoms in total. The molecular formula is C12H22N2O3. The molecule has 2 aliphatic heterocycles. The Morgan fingerprint density at radius 2 is 2.18 bits per heavy atom. The van der Waals surface area contributed by atoms with Gasteiger partial charge in [0.1, 0.15) is 5.54 Å². The highest BCUT2D eigenvalue weighted by atomic mass is 16.5. The predicted molar refractivity (Wildman–Crippen MR) is 63.6 cm³/mol. The average molecular weight is 242 g/mol. The third kappa shape index (κ3) is 2.61. The van der Waals surface area contributed by atoms with Gasteiger partial charge >= 0.3 is 0 Å². The first-order valence-electron chi connectivity index (χ1n) is 6.16. The van der Waals surface area contributed by atoms with Gasteiger partial charge in [0.05, 0.1) is 18.3 Å². The molecule has 2 rings (SSSR count). The Bertz CT molecular complexity index is 311. The fraction of sp³-hybridized carbons (Fsp3) is 0.917. The van der Waals surface area contributed by atoms with Crippen molar-refractivity contribution < 1.29 is 14.3 Å². The Morgan fingerprint density at radius 1 is 1.47 bits per heavy atom. The van der Waals surface area contributed by atoms with Gasteiger partial charge in [0.15, 0.2) is 0 Å². The van der Waals surface area contributed by atoms with Crippen LogP contribution in [0.4, 0.5) is 0 Å². The van der Waals surface area contributed by atoms with Crippen molar-refractivity contribution in [3.05, 3.63) is 0 Å². The van der Waals surface area contributed by atoms with Crippen molar-refractivity contribution in [2.24, 2.45) is 5.73 Å². The van der Waals surface area contributed by atoms with E-state index in [1.807, 2.05) is 25.7 Å². The summed E-state index contributed by atoms with van der Waals surface area (Å²) in [6.07, 6.45) is 0.659. The molecule has 0 bridgehead atoms. The summed E-state index contributed by atoms with van der Waals surface area (Å²) in [7, 11) is 0. The molecule has 0 radical (unpaired) electrons. The van der Waals surface area contributed by atoms with Crippen LogP contribution >= 0.6 is 0 Å². The van der Waals surface area contributed by atoms with Crippen LogP contribution in [0.3, 0.4) is 0 Å². The predicted octanol–water partition coefficient (Wildman–Crippen LogP) is 0.130. The number of amides is 1. The van der Waals surface area contributed by atoms with Crippen LogP contribution in [-0.2, 0) is 14.3 Å². The molecular weight excluding hydrogens is 220 g/mol. The SMILES string of the molecule is CC1CN(C(=O)C2(N)CCOC2)CC(C)(C)O1. The first-order chi connectivity index (χ1) is 7.82. The van der Waals surface area contributed by atoms with Crippen molar-refractivity contribution in [2.75, 3.05) is 26.3 Å². The van der Waals surface area contributed by atoms with Crippen molar-refractivity contribution in [3.8, 4) is 0 Å². The van der Waals surface area contributed by atoms with Crippen LogP contribution < -0.4 is 5.73 Å².